The van der Waals surface area contributed by atoms with E-state index in [1.165, 1.54) is 39.0 Å². The molecule has 0 amide bonds. The topological polar surface area (TPSA) is 6.25 Å². The van der Waals surface area contributed by atoms with Gasteiger partial charge in [-0.25, -0.2) is 4.58 Å². The van der Waals surface area contributed by atoms with Crippen LogP contribution in [0.4, 0.5) is 0 Å². The summed E-state index contributed by atoms with van der Waals surface area (Å²) in [4.78, 5) is 2.43. The van der Waals surface area contributed by atoms with Gasteiger partial charge in [0.25, 0.3) is 0 Å². The van der Waals surface area contributed by atoms with Gasteiger partial charge in [-0.1, -0.05) is 0 Å². The molecule has 0 aliphatic carbocycles. The number of likely N-dealkylation sites (tertiary alicyclic amines) is 1. The molecule has 2 heterocycles. The highest BCUT2D eigenvalue weighted by Crippen LogP contribution is 2.37. The minimum absolute atomic E-state index is 0.675. The van der Waals surface area contributed by atoms with E-state index in [0.717, 1.165) is 0 Å². The summed E-state index contributed by atoms with van der Waals surface area (Å²) < 4.78 is 2.19. The van der Waals surface area contributed by atoms with Gasteiger partial charge >= 0.3 is 0 Å². The normalized spacial score (nSPS) is 30.5. The first kappa shape index (κ1) is 7.29. The smallest absolute Gasteiger partial charge is 0.154 e. The highest BCUT2D eigenvalue weighted by atomic mass is 15.1. The van der Waals surface area contributed by atoms with E-state index in [0.29, 0.717) is 5.41 Å². The van der Waals surface area contributed by atoms with E-state index < -0.39 is 0 Å². The molecule has 0 N–H and O–H groups in total. The van der Waals surface area contributed by atoms with Crippen LogP contribution >= 0.6 is 0 Å². The van der Waals surface area contributed by atoms with Gasteiger partial charge in [0.1, 0.15) is 6.72 Å². The first-order valence-corrected chi connectivity index (χ1v) is 4.44. The molecule has 0 aromatic carbocycles. The third-order valence-corrected chi connectivity index (χ3v) is 3.17. The number of rotatable bonds is 0. The Balaban J connectivity index is 1.92. The zero-order valence-electron chi connectivity index (χ0n) is 7.34. The molecule has 2 heteroatoms. The van der Waals surface area contributed by atoms with E-state index in [2.05, 4.69) is 23.2 Å². The van der Waals surface area contributed by atoms with Gasteiger partial charge in [0.2, 0.25) is 0 Å². The lowest BCUT2D eigenvalue weighted by Gasteiger charge is -2.42. The van der Waals surface area contributed by atoms with Gasteiger partial charge in [-0.05, 0) is 33.0 Å². The van der Waals surface area contributed by atoms with E-state index in [-0.39, 0.29) is 0 Å². The lowest BCUT2D eigenvalue weighted by atomic mass is 9.73. The van der Waals surface area contributed by atoms with Crippen molar-refractivity contribution in [1.82, 2.24) is 4.90 Å². The summed E-state index contributed by atoms with van der Waals surface area (Å²) in [5.41, 5.74) is 0.675. The van der Waals surface area contributed by atoms with Crippen molar-refractivity contribution < 1.29 is 4.58 Å². The highest BCUT2D eigenvalue weighted by molar-refractivity contribution is 5.16. The van der Waals surface area contributed by atoms with Crippen molar-refractivity contribution in [2.45, 2.75) is 12.8 Å². The van der Waals surface area contributed by atoms with Crippen molar-refractivity contribution >= 4 is 6.72 Å². The van der Waals surface area contributed by atoms with Crippen LogP contribution in [0.1, 0.15) is 12.8 Å². The molecule has 11 heavy (non-hydrogen) atoms. The third kappa shape index (κ3) is 1.20. The maximum atomic E-state index is 3.93. The van der Waals surface area contributed by atoms with Crippen molar-refractivity contribution in [2.75, 3.05) is 33.2 Å². The van der Waals surface area contributed by atoms with Crippen LogP contribution in [0.25, 0.3) is 0 Å². The SMILES string of the molecule is C=[N+]1CC2(CCN(C)CC2)C1. The zero-order chi connectivity index (χ0) is 7.90. The molecule has 0 saturated carbocycles. The Labute approximate surface area is 68.5 Å². The van der Waals surface area contributed by atoms with Crippen LogP contribution in [0.2, 0.25) is 0 Å². The standard InChI is InChI=1S/C9H17N2/c1-10-5-3-9(4-6-10)7-11(2)8-9/h2-8H2,1H3/q+1. The molecule has 0 atom stereocenters. The van der Waals surface area contributed by atoms with Crippen LogP contribution in [0.15, 0.2) is 0 Å². The summed E-state index contributed by atoms with van der Waals surface area (Å²) in [7, 11) is 2.22. The van der Waals surface area contributed by atoms with Crippen molar-refractivity contribution in [1.29, 1.82) is 0 Å². The Hall–Kier alpha value is -0.370. The molecule has 0 unspecified atom stereocenters. The van der Waals surface area contributed by atoms with E-state index in [9.17, 15) is 0 Å². The molecule has 62 valence electrons. The van der Waals surface area contributed by atoms with E-state index in [1.54, 1.807) is 0 Å². The van der Waals surface area contributed by atoms with Gasteiger partial charge in [-0.2, -0.15) is 0 Å². The quantitative estimate of drug-likeness (QED) is 0.457. The summed E-state index contributed by atoms with van der Waals surface area (Å²) in [5, 5.41) is 0. The van der Waals surface area contributed by atoms with Gasteiger partial charge in [0.15, 0.2) is 13.1 Å². The molecule has 0 radical (unpaired) electrons. The summed E-state index contributed by atoms with van der Waals surface area (Å²) in [6.07, 6.45) is 2.77. The van der Waals surface area contributed by atoms with Gasteiger partial charge in [0, 0.05) is 0 Å². The lowest BCUT2D eigenvalue weighted by molar-refractivity contribution is -0.623. The first-order chi connectivity index (χ1) is 5.20. The minimum atomic E-state index is 0.675. The molecule has 2 aliphatic heterocycles. The van der Waals surface area contributed by atoms with Gasteiger partial charge in [0.05, 0.1) is 5.41 Å². The number of hydrogen-bond donors (Lipinski definition) is 0. The van der Waals surface area contributed by atoms with Crippen LogP contribution < -0.4 is 0 Å². The molecule has 0 bridgehead atoms. The number of hydrogen-bond acceptors (Lipinski definition) is 1. The second-order valence-electron chi connectivity index (χ2n) is 4.29. The fraction of sp³-hybridized carbons (Fsp3) is 0.889. The van der Waals surface area contributed by atoms with Crippen molar-refractivity contribution in [3.8, 4) is 0 Å². The Morgan fingerprint density at radius 1 is 1.27 bits per heavy atom. The van der Waals surface area contributed by atoms with Crippen LogP contribution in [-0.4, -0.2) is 49.4 Å². The molecule has 0 aromatic rings. The maximum absolute atomic E-state index is 3.93. The second-order valence-corrected chi connectivity index (χ2v) is 4.29. The van der Waals surface area contributed by atoms with Gasteiger partial charge in [-0.3, -0.25) is 0 Å². The summed E-state index contributed by atoms with van der Waals surface area (Å²) in [6, 6.07) is 0. The molecule has 2 saturated heterocycles. The van der Waals surface area contributed by atoms with Crippen LogP contribution in [0.3, 0.4) is 0 Å². The Kier molecular flexibility index (Phi) is 1.53. The van der Waals surface area contributed by atoms with Crippen LogP contribution in [-0.2, 0) is 0 Å². The summed E-state index contributed by atoms with van der Waals surface area (Å²) in [5.74, 6) is 0. The number of nitrogens with zero attached hydrogens (tertiary/aromatic N) is 2. The molecule has 2 nitrogen and oxygen atoms in total. The molecule has 0 aromatic heterocycles. The predicted octanol–water partition coefficient (Wildman–Crippen LogP) is 0.425. The summed E-state index contributed by atoms with van der Waals surface area (Å²) >= 11 is 0. The van der Waals surface area contributed by atoms with E-state index in [4.69, 9.17) is 0 Å². The largest absolute Gasteiger partial charge is 0.306 e. The van der Waals surface area contributed by atoms with Crippen LogP contribution in [0.5, 0.6) is 0 Å². The van der Waals surface area contributed by atoms with Crippen molar-refractivity contribution in [2.24, 2.45) is 5.41 Å². The number of piperidine rings is 1. The van der Waals surface area contributed by atoms with Crippen molar-refractivity contribution in [3.05, 3.63) is 0 Å². The van der Waals surface area contributed by atoms with Gasteiger partial charge in [-0.15, -0.1) is 0 Å². The maximum Gasteiger partial charge on any atom is 0.154 e. The van der Waals surface area contributed by atoms with E-state index in [1.807, 2.05) is 0 Å². The van der Waals surface area contributed by atoms with Crippen LogP contribution in [0, 0.1) is 5.41 Å². The fourth-order valence-corrected chi connectivity index (χ4v) is 2.31. The predicted molar refractivity (Wildman–Crippen MR) is 46.3 cm³/mol. The average Bonchev–Trinajstić information content (AvgIpc) is 1.92. The monoisotopic (exact) mass is 153 g/mol. The second kappa shape index (κ2) is 2.31. The Bertz CT molecular complexity index is 168. The Morgan fingerprint density at radius 3 is 2.27 bits per heavy atom. The van der Waals surface area contributed by atoms with Gasteiger partial charge < -0.3 is 4.90 Å². The summed E-state index contributed by atoms with van der Waals surface area (Å²) in [6.45, 7) is 8.98. The molecular formula is C9H17N2+. The lowest BCUT2D eigenvalue weighted by Crippen LogP contribution is -2.55. The average molecular weight is 153 g/mol. The third-order valence-electron chi connectivity index (χ3n) is 3.17. The van der Waals surface area contributed by atoms with Crippen molar-refractivity contribution in [3.63, 3.8) is 0 Å². The highest BCUT2D eigenvalue weighted by Gasteiger charge is 2.48. The molecule has 2 fully saturated rings. The molecule has 1 spiro atoms. The molecule has 2 aliphatic rings. The minimum Gasteiger partial charge on any atom is -0.306 e. The van der Waals surface area contributed by atoms with E-state index >= 15 is 0 Å². The molecule has 2 rings (SSSR count). The zero-order valence-corrected chi connectivity index (χ0v) is 7.34. The Morgan fingerprint density at radius 2 is 1.82 bits per heavy atom. The fourth-order valence-electron chi connectivity index (χ4n) is 2.31. The molecular weight excluding hydrogens is 136 g/mol. The first-order valence-electron chi connectivity index (χ1n) is 4.44.